The first kappa shape index (κ1) is 21.5. The minimum Gasteiger partial charge on any atom is -0.372 e. The van der Waals surface area contributed by atoms with Gasteiger partial charge in [0.15, 0.2) is 0 Å². The molecule has 0 bridgehead atoms. The van der Waals surface area contributed by atoms with E-state index in [1.54, 1.807) is 25.4 Å². The maximum absolute atomic E-state index is 13.3. The van der Waals surface area contributed by atoms with E-state index in [2.05, 4.69) is 43.1 Å². The van der Waals surface area contributed by atoms with Crippen LogP contribution in [-0.2, 0) is 4.79 Å². The number of carbonyl (C=O) groups excluding carboxylic acids is 1. The lowest BCUT2D eigenvalue weighted by Gasteiger charge is -2.09. The van der Waals surface area contributed by atoms with Gasteiger partial charge in [0.2, 0.25) is 11.9 Å². The molecule has 1 aromatic heterocycles. The van der Waals surface area contributed by atoms with Gasteiger partial charge in [-0.1, -0.05) is 17.9 Å². The molecule has 30 heavy (non-hydrogen) atoms. The fraction of sp³-hybridized carbons (Fsp3) is 0.381. The van der Waals surface area contributed by atoms with Crippen molar-refractivity contribution in [2.45, 2.75) is 31.5 Å². The molecule has 9 heteroatoms. The monoisotopic (exact) mass is 414 g/mol. The molecular weight excluding hydrogens is 390 g/mol. The molecule has 1 unspecified atom stereocenters. The number of nitrogens with zero attached hydrogens (tertiary/aromatic N) is 2. The number of amides is 1. The molecule has 0 spiro atoms. The molecule has 1 saturated heterocycles. The van der Waals surface area contributed by atoms with E-state index < -0.39 is 12.2 Å². The Hall–Kier alpha value is -3.25. The summed E-state index contributed by atoms with van der Waals surface area (Å²) in [5, 5.41) is 11.6. The van der Waals surface area contributed by atoms with Crippen LogP contribution in [-0.4, -0.2) is 48.2 Å². The van der Waals surface area contributed by atoms with E-state index in [-0.39, 0.29) is 24.7 Å². The zero-order valence-corrected chi connectivity index (χ0v) is 16.6. The standard InChI is InChI=1S/C21H24F2N6O/c1-24-19-14(12-27-21(29-19)28-17-8-5-7-15(22)10-17)6-3-2-4-9-25-20(30)18-11-16(23)13-26-18/h5,7-8,10,12,16,18,26H,2,4,9,11,13H2,1H3,(H,25,30)(H2,24,27,28,29)/t16-,18?/m0/s1. The summed E-state index contributed by atoms with van der Waals surface area (Å²) in [5.41, 5.74) is 1.18. The molecule has 2 heterocycles. The Morgan fingerprint density at radius 3 is 3.00 bits per heavy atom. The Bertz CT molecular complexity index is 943. The first-order chi connectivity index (χ1) is 14.5. The van der Waals surface area contributed by atoms with Crippen molar-refractivity contribution < 1.29 is 13.6 Å². The third-order valence-corrected chi connectivity index (χ3v) is 4.50. The molecule has 3 rings (SSSR count). The molecule has 1 amide bonds. The maximum Gasteiger partial charge on any atom is 0.237 e. The van der Waals surface area contributed by atoms with Gasteiger partial charge < -0.3 is 21.3 Å². The zero-order chi connectivity index (χ0) is 21.3. The molecule has 0 radical (unpaired) electrons. The van der Waals surface area contributed by atoms with Gasteiger partial charge in [-0.25, -0.2) is 13.8 Å². The number of rotatable bonds is 7. The summed E-state index contributed by atoms with van der Waals surface area (Å²) in [7, 11) is 1.73. The Balaban J connectivity index is 1.48. The molecule has 0 saturated carbocycles. The number of aromatic nitrogens is 2. The van der Waals surface area contributed by atoms with Gasteiger partial charge in [0.05, 0.1) is 17.8 Å². The number of hydrogen-bond donors (Lipinski definition) is 4. The lowest BCUT2D eigenvalue weighted by atomic mass is 10.2. The van der Waals surface area contributed by atoms with Crippen LogP contribution in [0.3, 0.4) is 0 Å². The van der Waals surface area contributed by atoms with Crippen LogP contribution >= 0.6 is 0 Å². The topological polar surface area (TPSA) is 91.0 Å². The van der Waals surface area contributed by atoms with Crippen molar-refractivity contribution in [3.63, 3.8) is 0 Å². The van der Waals surface area contributed by atoms with Gasteiger partial charge in [-0.15, -0.1) is 0 Å². The van der Waals surface area contributed by atoms with Gasteiger partial charge in [0, 0.05) is 38.7 Å². The average molecular weight is 414 g/mol. The van der Waals surface area contributed by atoms with E-state index in [4.69, 9.17) is 0 Å². The summed E-state index contributed by atoms with van der Waals surface area (Å²) < 4.78 is 26.4. The second kappa shape index (κ2) is 10.5. The summed E-state index contributed by atoms with van der Waals surface area (Å²) >= 11 is 0. The molecular formula is C21H24F2N6O. The maximum atomic E-state index is 13.3. The molecule has 2 aromatic rings. The first-order valence-corrected chi connectivity index (χ1v) is 9.76. The molecule has 1 fully saturated rings. The van der Waals surface area contributed by atoms with Crippen molar-refractivity contribution in [3.8, 4) is 11.8 Å². The Kier molecular flexibility index (Phi) is 7.51. The van der Waals surface area contributed by atoms with Gasteiger partial charge in [0.25, 0.3) is 0 Å². The van der Waals surface area contributed by atoms with E-state index in [0.717, 1.165) is 0 Å². The first-order valence-electron chi connectivity index (χ1n) is 9.76. The number of anilines is 3. The molecule has 1 aliphatic heterocycles. The SMILES string of the molecule is CNc1nc(Nc2cccc(F)c2)ncc1C#CCCCNC(=O)C1C[C@H](F)CN1. The summed E-state index contributed by atoms with van der Waals surface area (Å²) in [5.74, 6) is 6.41. The highest BCUT2D eigenvalue weighted by Crippen LogP contribution is 2.17. The lowest BCUT2D eigenvalue weighted by Crippen LogP contribution is -2.40. The number of halogens is 2. The number of unbranched alkanes of at least 4 members (excludes halogenated alkanes) is 1. The molecule has 4 N–H and O–H groups in total. The van der Waals surface area contributed by atoms with Crippen LogP contribution < -0.4 is 21.3 Å². The van der Waals surface area contributed by atoms with Gasteiger partial charge in [-0.3, -0.25) is 4.79 Å². The van der Waals surface area contributed by atoms with Crippen LogP contribution in [0.25, 0.3) is 0 Å². The zero-order valence-electron chi connectivity index (χ0n) is 16.6. The lowest BCUT2D eigenvalue weighted by molar-refractivity contribution is -0.122. The van der Waals surface area contributed by atoms with Crippen LogP contribution in [0.5, 0.6) is 0 Å². The van der Waals surface area contributed by atoms with Crippen molar-refractivity contribution in [2.24, 2.45) is 0 Å². The molecule has 7 nitrogen and oxygen atoms in total. The fourth-order valence-corrected chi connectivity index (χ4v) is 2.98. The Morgan fingerprint density at radius 2 is 2.27 bits per heavy atom. The van der Waals surface area contributed by atoms with Crippen LogP contribution in [0.4, 0.5) is 26.2 Å². The number of carbonyl (C=O) groups is 1. The average Bonchev–Trinajstić information content (AvgIpc) is 3.17. The minimum absolute atomic E-state index is 0.171. The third-order valence-electron chi connectivity index (χ3n) is 4.50. The molecule has 158 valence electrons. The molecule has 1 aliphatic rings. The molecule has 2 atom stereocenters. The molecule has 1 aromatic carbocycles. The largest absolute Gasteiger partial charge is 0.372 e. The Morgan fingerprint density at radius 1 is 1.40 bits per heavy atom. The predicted octanol–water partition coefficient (Wildman–Crippen LogP) is 2.35. The summed E-state index contributed by atoms with van der Waals surface area (Å²) in [6, 6.07) is 5.59. The van der Waals surface area contributed by atoms with Crippen molar-refractivity contribution in [1.29, 1.82) is 0 Å². The van der Waals surface area contributed by atoms with Gasteiger partial charge >= 0.3 is 0 Å². The van der Waals surface area contributed by atoms with Gasteiger partial charge in [0.1, 0.15) is 17.8 Å². The second-order valence-corrected chi connectivity index (χ2v) is 6.83. The van der Waals surface area contributed by atoms with Crippen molar-refractivity contribution in [2.75, 3.05) is 30.8 Å². The van der Waals surface area contributed by atoms with E-state index in [1.807, 2.05) is 0 Å². The van der Waals surface area contributed by atoms with E-state index in [0.29, 0.717) is 42.4 Å². The fourth-order valence-electron chi connectivity index (χ4n) is 2.98. The van der Waals surface area contributed by atoms with Gasteiger partial charge in [-0.2, -0.15) is 4.98 Å². The highest BCUT2D eigenvalue weighted by Gasteiger charge is 2.28. The normalized spacial score (nSPS) is 17.7. The quantitative estimate of drug-likeness (QED) is 0.411. The van der Waals surface area contributed by atoms with Crippen molar-refractivity contribution in [1.82, 2.24) is 20.6 Å². The smallest absolute Gasteiger partial charge is 0.237 e. The highest BCUT2D eigenvalue weighted by atomic mass is 19.1. The van der Waals surface area contributed by atoms with Crippen LogP contribution in [0.15, 0.2) is 30.5 Å². The molecule has 0 aliphatic carbocycles. The number of benzene rings is 1. The van der Waals surface area contributed by atoms with E-state index in [9.17, 15) is 13.6 Å². The summed E-state index contributed by atoms with van der Waals surface area (Å²) in [6.45, 7) is 0.713. The minimum atomic E-state index is -0.953. The van der Waals surface area contributed by atoms with Crippen molar-refractivity contribution >= 4 is 23.4 Å². The van der Waals surface area contributed by atoms with E-state index in [1.165, 1.54) is 12.1 Å². The Labute approximate surface area is 174 Å². The van der Waals surface area contributed by atoms with Gasteiger partial charge in [-0.05, 0) is 24.6 Å². The van der Waals surface area contributed by atoms with Crippen LogP contribution in [0.1, 0.15) is 24.8 Å². The number of alkyl halides is 1. The number of nitrogens with one attached hydrogen (secondary N) is 4. The highest BCUT2D eigenvalue weighted by molar-refractivity contribution is 5.82. The summed E-state index contributed by atoms with van der Waals surface area (Å²) in [6.07, 6.45) is 2.12. The second-order valence-electron chi connectivity index (χ2n) is 6.83. The number of hydrogen-bond acceptors (Lipinski definition) is 6. The van der Waals surface area contributed by atoms with Crippen LogP contribution in [0, 0.1) is 17.7 Å². The summed E-state index contributed by atoms with van der Waals surface area (Å²) in [4.78, 5) is 20.5. The third kappa shape index (κ3) is 6.12. The predicted molar refractivity (Wildman–Crippen MR) is 112 cm³/mol. The van der Waals surface area contributed by atoms with Crippen molar-refractivity contribution in [3.05, 3.63) is 41.8 Å². The van der Waals surface area contributed by atoms with E-state index >= 15 is 0 Å². The van der Waals surface area contributed by atoms with Crippen LogP contribution in [0.2, 0.25) is 0 Å².